The van der Waals surface area contributed by atoms with Crippen molar-refractivity contribution in [3.63, 3.8) is 0 Å². The number of ether oxygens (including phenoxy) is 1. The Hall–Kier alpha value is 0.320. The van der Waals surface area contributed by atoms with E-state index >= 15 is 0 Å². The molecule has 0 aromatic heterocycles. The molecule has 0 aromatic rings. The van der Waals surface area contributed by atoms with Gasteiger partial charge in [0.05, 0.1) is 6.10 Å². The van der Waals surface area contributed by atoms with Crippen LogP contribution >= 0.6 is 22.6 Å². The maximum Gasteiger partial charge on any atom is 0.126 e. The zero-order valence-corrected chi connectivity index (χ0v) is 8.95. The van der Waals surface area contributed by atoms with E-state index in [4.69, 9.17) is 10.5 Å². The molecule has 3 nitrogen and oxygen atoms in total. The van der Waals surface area contributed by atoms with Crippen molar-refractivity contribution in [2.24, 2.45) is 10.7 Å². The second-order valence-electron chi connectivity index (χ2n) is 2.26. The summed E-state index contributed by atoms with van der Waals surface area (Å²) in [5.74, 6) is 0. The summed E-state index contributed by atoms with van der Waals surface area (Å²) >= 11 is 2.21. The highest BCUT2D eigenvalue weighted by Gasteiger charge is 2.14. The highest BCUT2D eigenvalue weighted by Crippen LogP contribution is 2.14. The van der Waals surface area contributed by atoms with E-state index in [9.17, 15) is 0 Å². The van der Waals surface area contributed by atoms with Gasteiger partial charge in [0.1, 0.15) is 4.05 Å². The molecule has 2 unspecified atom stereocenters. The predicted molar refractivity (Wildman–Crippen MR) is 56.4 cm³/mol. The van der Waals surface area contributed by atoms with Crippen molar-refractivity contribution in [2.75, 3.05) is 13.7 Å². The Morgan fingerprint density at radius 3 is 2.73 bits per heavy atom. The molecule has 0 bridgehead atoms. The van der Waals surface area contributed by atoms with Crippen LogP contribution in [0.3, 0.4) is 0 Å². The molecule has 0 saturated heterocycles. The van der Waals surface area contributed by atoms with Gasteiger partial charge in [-0.15, -0.1) is 0 Å². The van der Waals surface area contributed by atoms with Crippen molar-refractivity contribution in [3.05, 3.63) is 0 Å². The summed E-state index contributed by atoms with van der Waals surface area (Å²) in [6, 6.07) is 0. The molecule has 0 saturated carbocycles. The quantitative estimate of drug-likeness (QED) is 0.341. The number of aliphatic imine (C=N–C) groups is 1. The first-order chi connectivity index (χ1) is 5.26. The number of halogens is 1. The van der Waals surface area contributed by atoms with Crippen LogP contribution < -0.4 is 5.73 Å². The molecule has 2 N–H and O–H groups in total. The van der Waals surface area contributed by atoms with E-state index in [1.807, 2.05) is 0 Å². The Morgan fingerprint density at radius 1 is 1.73 bits per heavy atom. The Kier molecular flexibility index (Phi) is 7.20. The molecule has 0 rings (SSSR count). The van der Waals surface area contributed by atoms with Crippen molar-refractivity contribution in [1.29, 1.82) is 0 Å². The molecular weight excluding hydrogens is 255 g/mol. The number of nitrogens with zero attached hydrogens (tertiary/aromatic N) is 1. The van der Waals surface area contributed by atoms with Gasteiger partial charge in [-0.25, -0.2) is 0 Å². The molecule has 0 heterocycles. The smallest absolute Gasteiger partial charge is 0.126 e. The van der Waals surface area contributed by atoms with Gasteiger partial charge in [0.2, 0.25) is 0 Å². The summed E-state index contributed by atoms with van der Waals surface area (Å²) in [7, 11) is 1.69. The first-order valence-corrected chi connectivity index (χ1v) is 4.83. The van der Waals surface area contributed by atoms with Gasteiger partial charge in [-0.05, 0) is 26.1 Å². The van der Waals surface area contributed by atoms with E-state index in [1.165, 1.54) is 0 Å². The molecule has 0 spiro atoms. The predicted octanol–water partition coefficient (Wildman–Crippen LogP) is 1.20. The molecule has 0 radical (unpaired) electrons. The molecule has 0 amide bonds. The highest BCUT2D eigenvalue weighted by atomic mass is 127. The molecule has 11 heavy (non-hydrogen) atoms. The van der Waals surface area contributed by atoms with Crippen molar-refractivity contribution < 1.29 is 4.74 Å². The van der Waals surface area contributed by atoms with E-state index in [0.29, 0.717) is 6.54 Å². The van der Waals surface area contributed by atoms with Gasteiger partial charge in [0.15, 0.2) is 0 Å². The third-order valence-electron chi connectivity index (χ3n) is 1.48. The van der Waals surface area contributed by atoms with Crippen LogP contribution in [0.25, 0.3) is 0 Å². The van der Waals surface area contributed by atoms with Crippen LogP contribution in [0.1, 0.15) is 12.8 Å². The summed E-state index contributed by atoms with van der Waals surface area (Å²) < 4.78 is 5.35. The summed E-state index contributed by atoms with van der Waals surface area (Å²) in [5.41, 5.74) is 5.37. The van der Waals surface area contributed by atoms with Gasteiger partial charge < -0.3 is 10.5 Å². The van der Waals surface area contributed by atoms with Crippen molar-refractivity contribution in [1.82, 2.24) is 0 Å². The summed E-state index contributed by atoms with van der Waals surface area (Å²) in [6.45, 7) is 4.18. The van der Waals surface area contributed by atoms with Crippen LogP contribution in [0.15, 0.2) is 4.99 Å². The van der Waals surface area contributed by atoms with Crippen molar-refractivity contribution in [3.8, 4) is 0 Å². The number of alkyl halides is 1. The fraction of sp³-hybridized carbons (Fsp3) is 0.857. The molecule has 0 aliphatic heterocycles. The highest BCUT2D eigenvalue weighted by molar-refractivity contribution is 14.1. The van der Waals surface area contributed by atoms with Crippen LogP contribution in [-0.2, 0) is 4.74 Å². The lowest BCUT2D eigenvalue weighted by molar-refractivity contribution is 0.0972. The molecule has 0 aliphatic carbocycles. The first kappa shape index (κ1) is 11.3. The Balaban J connectivity index is 3.64. The van der Waals surface area contributed by atoms with E-state index in [-0.39, 0.29) is 10.2 Å². The number of hydrogen-bond acceptors (Lipinski definition) is 3. The van der Waals surface area contributed by atoms with E-state index in [2.05, 4.69) is 34.3 Å². The molecule has 0 fully saturated rings. The number of methoxy groups -OCH3 is 1. The topological polar surface area (TPSA) is 47.6 Å². The molecule has 4 heteroatoms. The van der Waals surface area contributed by atoms with Crippen LogP contribution in [0, 0.1) is 0 Å². The minimum Gasteiger partial charge on any atom is -0.378 e. The summed E-state index contributed by atoms with van der Waals surface area (Å²) in [5, 5.41) is 0. The molecule has 2 atom stereocenters. The number of rotatable bonds is 6. The lowest BCUT2D eigenvalue weighted by Gasteiger charge is -2.16. The second-order valence-corrected chi connectivity index (χ2v) is 3.54. The van der Waals surface area contributed by atoms with Crippen LogP contribution in [-0.4, -0.2) is 30.5 Å². The minimum absolute atomic E-state index is 0.143. The van der Waals surface area contributed by atoms with Gasteiger partial charge in [-0.2, -0.15) is 0 Å². The normalized spacial score (nSPS) is 15.9. The standard InChI is InChI=1S/C7H15IN2O/c1-10-7(8)6(11-2)4-3-5-9/h6-7H,1,3-5,9H2,2H3. The third kappa shape index (κ3) is 4.71. The Bertz CT molecular complexity index is 111. The first-order valence-electron chi connectivity index (χ1n) is 3.59. The van der Waals surface area contributed by atoms with E-state index in [0.717, 1.165) is 12.8 Å². The van der Waals surface area contributed by atoms with Gasteiger partial charge in [-0.1, -0.05) is 22.6 Å². The Morgan fingerprint density at radius 2 is 2.36 bits per heavy atom. The van der Waals surface area contributed by atoms with Gasteiger partial charge >= 0.3 is 0 Å². The molecule has 0 aromatic carbocycles. The van der Waals surface area contributed by atoms with E-state index in [1.54, 1.807) is 7.11 Å². The molecule has 66 valence electrons. The lowest BCUT2D eigenvalue weighted by atomic mass is 10.2. The zero-order valence-electron chi connectivity index (χ0n) is 6.79. The number of nitrogens with two attached hydrogens (primary N) is 1. The van der Waals surface area contributed by atoms with Crippen LogP contribution in [0.4, 0.5) is 0 Å². The maximum atomic E-state index is 5.37. The van der Waals surface area contributed by atoms with Crippen LogP contribution in [0.5, 0.6) is 0 Å². The Labute approximate surface area is 81.5 Å². The van der Waals surface area contributed by atoms with E-state index < -0.39 is 0 Å². The second kappa shape index (κ2) is 7.00. The minimum atomic E-state index is 0.143. The van der Waals surface area contributed by atoms with Crippen LogP contribution in [0.2, 0.25) is 0 Å². The van der Waals surface area contributed by atoms with Gasteiger partial charge in [0.25, 0.3) is 0 Å². The fourth-order valence-electron chi connectivity index (χ4n) is 0.804. The zero-order chi connectivity index (χ0) is 8.69. The largest absolute Gasteiger partial charge is 0.378 e. The maximum absolute atomic E-state index is 5.37. The average Bonchev–Trinajstić information content (AvgIpc) is 2.05. The summed E-state index contributed by atoms with van der Waals surface area (Å²) in [6.07, 6.45) is 2.10. The molecular formula is C7H15IN2O. The SMILES string of the molecule is C=NC(I)C(CCCN)OC. The fourth-order valence-corrected chi connectivity index (χ4v) is 1.46. The third-order valence-corrected chi connectivity index (χ3v) is 2.67. The van der Waals surface area contributed by atoms with Gasteiger partial charge in [0, 0.05) is 7.11 Å². The van der Waals surface area contributed by atoms with Gasteiger partial charge in [-0.3, -0.25) is 4.99 Å². The average molecular weight is 270 g/mol. The summed E-state index contributed by atoms with van der Waals surface area (Å²) in [4.78, 5) is 3.88. The molecule has 0 aliphatic rings. The monoisotopic (exact) mass is 270 g/mol. The number of hydrogen-bond donors (Lipinski definition) is 1. The lowest BCUT2D eigenvalue weighted by Crippen LogP contribution is -2.22. The van der Waals surface area contributed by atoms with Crippen molar-refractivity contribution in [2.45, 2.75) is 23.0 Å². The van der Waals surface area contributed by atoms with Crippen molar-refractivity contribution >= 4 is 29.3 Å².